The number of pyridine rings is 2. The van der Waals surface area contributed by atoms with E-state index < -0.39 is 5.91 Å². The molecule has 0 radical (unpaired) electrons. The summed E-state index contributed by atoms with van der Waals surface area (Å²) in [4.78, 5) is 19.8. The minimum absolute atomic E-state index is 0.152. The summed E-state index contributed by atoms with van der Waals surface area (Å²) in [6.45, 7) is 0.779. The third kappa shape index (κ3) is 4.00. The number of hydrogen-bond donors (Lipinski definition) is 3. The molecule has 0 unspecified atom stereocenters. The zero-order valence-corrected chi connectivity index (χ0v) is 11.6. The molecule has 0 fully saturated rings. The van der Waals surface area contributed by atoms with Crippen LogP contribution in [0.5, 0.6) is 0 Å². The molecule has 0 aliphatic carbocycles. The molecule has 4 N–H and O–H groups in total. The summed E-state index contributed by atoms with van der Waals surface area (Å²) in [5, 5.41) is 11.8. The van der Waals surface area contributed by atoms with Gasteiger partial charge >= 0.3 is 0 Å². The number of anilines is 1. The molecule has 0 bridgehead atoms. The Morgan fingerprint density at radius 2 is 2.00 bits per heavy atom. The second-order valence-electron chi connectivity index (χ2n) is 4.58. The maximum Gasteiger partial charge on any atom is 0.252 e. The first-order valence-corrected chi connectivity index (χ1v) is 6.77. The fourth-order valence-electron chi connectivity index (χ4n) is 1.94. The molecule has 110 valence electrons. The van der Waals surface area contributed by atoms with E-state index in [9.17, 15) is 4.79 Å². The van der Waals surface area contributed by atoms with E-state index >= 15 is 0 Å². The van der Waals surface area contributed by atoms with Crippen molar-refractivity contribution in [3.63, 3.8) is 0 Å². The van der Waals surface area contributed by atoms with E-state index in [0.717, 1.165) is 17.5 Å². The first kappa shape index (κ1) is 14.9. The SMILES string of the molecule is NC(=O)c1cc(-c2ccncc2)cnc1NCCCCO. The van der Waals surface area contributed by atoms with Gasteiger partial charge in [-0.15, -0.1) is 0 Å². The van der Waals surface area contributed by atoms with E-state index in [2.05, 4.69) is 15.3 Å². The average Bonchev–Trinajstić information content (AvgIpc) is 2.52. The van der Waals surface area contributed by atoms with Crippen molar-refractivity contribution in [3.8, 4) is 11.1 Å². The highest BCUT2D eigenvalue weighted by Gasteiger charge is 2.11. The summed E-state index contributed by atoms with van der Waals surface area (Å²) in [5.74, 6) is -0.0543. The quantitative estimate of drug-likeness (QED) is 0.668. The fourth-order valence-corrected chi connectivity index (χ4v) is 1.94. The normalized spacial score (nSPS) is 10.3. The molecule has 2 heterocycles. The van der Waals surface area contributed by atoms with Gasteiger partial charge in [-0.2, -0.15) is 0 Å². The van der Waals surface area contributed by atoms with Gasteiger partial charge in [0.05, 0.1) is 5.56 Å². The molecule has 2 aromatic heterocycles. The van der Waals surface area contributed by atoms with E-state index in [-0.39, 0.29) is 6.61 Å². The third-order valence-electron chi connectivity index (χ3n) is 3.04. The topological polar surface area (TPSA) is 101 Å². The van der Waals surface area contributed by atoms with Gasteiger partial charge in [-0.05, 0) is 36.6 Å². The van der Waals surface area contributed by atoms with Gasteiger partial charge in [-0.25, -0.2) is 4.98 Å². The van der Waals surface area contributed by atoms with Crippen molar-refractivity contribution in [2.75, 3.05) is 18.5 Å². The predicted octanol–water partition coefficient (Wildman–Crippen LogP) is 1.43. The van der Waals surface area contributed by atoms with Crippen LogP contribution in [0.4, 0.5) is 5.82 Å². The maximum absolute atomic E-state index is 11.6. The van der Waals surface area contributed by atoms with E-state index in [4.69, 9.17) is 10.8 Å². The van der Waals surface area contributed by atoms with Crippen LogP contribution in [-0.2, 0) is 0 Å². The number of hydrogen-bond acceptors (Lipinski definition) is 5. The first-order chi connectivity index (χ1) is 10.2. The van der Waals surface area contributed by atoms with Gasteiger partial charge in [0.1, 0.15) is 5.82 Å². The van der Waals surface area contributed by atoms with E-state index in [1.165, 1.54) is 0 Å². The largest absolute Gasteiger partial charge is 0.396 e. The molecule has 0 saturated heterocycles. The van der Waals surface area contributed by atoms with Crippen LogP contribution in [-0.4, -0.2) is 34.1 Å². The summed E-state index contributed by atoms with van der Waals surface area (Å²) in [6.07, 6.45) is 6.55. The lowest BCUT2D eigenvalue weighted by Crippen LogP contribution is -2.16. The Hall–Kier alpha value is -2.47. The van der Waals surface area contributed by atoms with Crippen LogP contribution >= 0.6 is 0 Å². The Labute approximate surface area is 123 Å². The summed E-state index contributed by atoms with van der Waals surface area (Å²) in [7, 11) is 0. The number of nitrogens with two attached hydrogens (primary N) is 1. The van der Waals surface area contributed by atoms with Crippen LogP contribution in [0.1, 0.15) is 23.2 Å². The molecule has 0 aliphatic rings. The molecule has 21 heavy (non-hydrogen) atoms. The van der Waals surface area contributed by atoms with Crippen LogP contribution in [0.3, 0.4) is 0 Å². The van der Waals surface area contributed by atoms with Crippen molar-refractivity contribution in [1.82, 2.24) is 9.97 Å². The molecule has 1 amide bonds. The molecule has 6 heteroatoms. The minimum Gasteiger partial charge on any atom is -0.396 e. The summed E-state index contributed by atoms with van der Waals surface area (Å²) in [6, 6.07) is 5.41. The molecular weight excluding hydrogens is 268 g/mol. The molecule has 0 spiro atoms. The number of nitrogens with zero attached hydrogens (tertiary/aromatic N) is 2. The smallest absolute Gasteiger partial charge is 0.252 e. The number of aromatic nitrogens is 2. The molecule has 2 rings (SSSR count). The standard InChI is InChI=1S/C15H18N4O2/c16-14(21)13-9-12(11-3-6-17-7-4-11)10-19-15(13)18-5-1-2-8-20/h3-4,6-7,9-10,20H,1-2,5,8H2,(H2,16,21)(H,18,19). The molecule has 0 saturated carbocycles. The van der Waals surface area contributed by atoms with Crippen molar-refractivity contribution in [1.29, 1.82) is 0 Å². The van der Waals surface area contributed by atoms with Crippen molar-refractivity contribution < 1.29 is 9.90 Å². The summed E-state index contributed by atoms with van der Waals surface area (Å²) >= 11 is 0. The molecular formula is C15H18N4O2. The van der Waals surface area contributed by atoms with Gasteiger partial charge < -0.3 is 16.2 Å². The lowest BCUT2D eigenvalue weighted by atomic mass is 10.1. The number of primary amides is 1. The zero-order valence-electron chi connectivity index (χ0n) is 11.6. The van der Waals surface area contributed by atoms with Gasteiger partial charge in [0, 0.05) is 37.3 Å². The van der Waals surface area contributed by atoms with Crippen molar-refractivity contribution in [2.45, 2.75) is 12.8 Å². The number of carbonyl (C=O) groups excluding carboxylic acids is 1. The highest BCUT2D eigenvalue weighted by atomic mass is 16.2. The maximum atomic E-state index is 11.6. The van der Waals surface area contributed by atoms with E-state index in [1.54, 1.807) is 24.7 Å². The number of nitrogens with one attached hydrogen (secondary N) is 1. The monoisotopic (exact) mass is 286 g/mol. The third-order valence-corrected chi connectivity index (χ3v) is 3.04. The lowest BCUT2D eigenvalue weighted by Gasteiger charge is -2.10. The second kappa shape index (κ2) is 7.35. The Morgan fingerprint density at radius 1 is 1.24 bits per heavy atom. The van der Waals surface area contributed by atoms with Crippen LogP contribution in [0.2, 0.25) is 0 Å². The number of amides is 1. The average molecular weight is 286 g/mol. The van der Waals surface area contributed by atoms with Crippen LogP contribution in [0, 0.1) is 0 Å². The van der Waals surface area contributed by atoms with Gasteiger partial charge in [0.25, 0.3) is 5.91 Å². The second-order valence-corrected chi connectivity index (χ2v) is 4.58. The first-order valence-electron chi connectivity index (χ1n) is 6.77. The Kier molecular flexibility index (Phi) is 5.22. The van der Waals surface area contributed by atoms with Crippen molar-refractivity contribution in [2.24, 2.45) is 5.73 Å². The molecule has 0 atom stereocenters. The zero-order chi connectivity index (χ0) is 15.1. The number of carbonyl (C=O) groups is 1. The Balaban J connectivity index is 2.21. The van der Waals surface area contributed by atoms with E-state index in [1.807, 2.05) is 12.1 Å². The molecule has 2 aromatic rings. The van der Waals surface area contributed by atoms with Crippen molar-refractivity contribution in [3.05, 3.63) is 42.4 Å². The summed E-state index contributed by atoms with van der Waals surface area (Å²) < 4.78 is 0. The van der Waals surface area contributed by atoms with Crippen molar-refractivity contribution >= 4 is 11.7 Å². The number of aliphatic hydroxyl groups is 1. The number of unbranched alkanes of at least 4 members (excludes halogenated alkanes) is 1. The van der Waals surface area contributed by atoms with Crippen LogP contribution in [0.25, 0.3) is 11.1 Å². The summed E-state index contributed by atoms with van der Waals surface area (Å²) in [5.41, 5.74) is 7.51. The van der Waals surface area contributed by atoms with Gasteiger partial charge in [-0.3, -0.25) is 9.78 Å². The number of rotatable bonds is 7. The van der Waals surface area contributed by atoms with Gasteiger partial charge in [0.2, 0.25) is 0 Å². The van der Waals surface area contributed by atoms with Gasteiger partial charge in [0.15, 0.2) is 0 Å². The minimum atomic E-state index is -0.525. The molecule has 0 aromatic carbocycles. The van der Waals surface area contributed by atoms with E-state index in [0.29, 0.717) is 24.3 Å². The highest BCUT2D eigenvalue weighted by Crippen LogP contribution is 2.22. The Morgan fingerprint density at radius 3 is 2.67 bits per heavy atom. The molecule has 6 nitrogen and oxygen atoms in total. The van der Waals surface area contributed by atoms with Gasteiger partial charge in [-0.1, -0.05) is 0 Å². The molecule has 0 aliphatic heterocycles. The lowest BCUT2D eigenvalue weighted by molar-refractivity contribution is 0.100. The van der Waals surface area contributed by atoms with Crippen LogP contribution in [0.15, 0.2) is 36.8 Å². The predicted molar refractivity (Wildman–Crippen MR) is 80.8 cm³/mol. The Bertz CT molecular complexity index is 602. The highest BCUT2D eigenvalue weighted by molar-refractivity contribution is 5.98. The van der Waals surface area contributed by atoms with Crippen LogP contribution < -0.4 is 11.1 Å². The fraction of sp³-hybridized carbons (Fsp3) is 0.267. The number of aliphatic hydroxyl groups excluding tert-OH is 1.